The predicted molar refractivity (Wildman–Crippen MR) is 109 cm³/mol. The molecule has 7 heteroatoms. The second kappa shape index (κ2) is 10.1. The van der Waals surface area contributed by atoms with E-state index in [1.165, 1.54) is 0 Å². The SMILES string of the molecule is O=C(CNC1CCN(C(=O)OCc2ccccc2)CC1)Nc1ccc(Cl)cc1. The van der Waals surface area contributed by atoms with Crippen molar-refractivity contribution in [2.75, 3.05) is 25.0 Å². The highest BCUT2D eigenvalue weighted by Gasteiger charge is 2.23. The largest absolute Gasteiger partial charge is 0.445 e. The third-order valence-electron chi connectivity index (χ3n) is 4.64. The van der Waals surface area contributed by atoms with E-state index in [0.717, 1.165) is 18.4 Å². The quantitative estimate of drug-likeness (QED) is 0.774. The van der Waals surface area contributed by atoms with Crippen LogP contribution in [0.5, 0.6) is 0 Å². The predicted octanol–water partition coefficient (Wildman–Crippen LogP) is 3.67. The van der Waals surface area contributed by atoms with Crippen LogP contribution in [0.3, 0.4) is 0 Å². The normalized spacial score (nSPS) is 14.5. The van der Waals surface area contributed by atoms with Crippen LogP contribution in [0.15, 0.2) is 54.6 Å². The van der Waals surface area contributed by atoms with Gasteiger partial charge in [0.2, 0.25) is 5.91 Å². The molecule has 2 N–H and O–H groups in total. The molecule has 3 rings (SSSR count). The molecule has 1 heterocycles. The van der Waals surface area contributed by atoms with Crippen LogP contribution in [0.1, 0.15) is 18.4 Å². The van der Waals surface area contributed by atoms with E-state index in [-0.39, 0.29) is 31.2 Å². The number of nitrogens with zero attached hydrogens (tertiary/aromatic N) is 1. The molecule has 1 aliphatic rings. The Balaban J connectivity index is 1.34. The molecule has 2 aromatic carbocycles. The molecule has 2 aromatic rings. The Kier molecular flexibility index (Phi) is 7.28. The molecule has 0 saturated carbocycles. The lowest BCUT2D eigenvalue weighted by atomic mass is 10.1. The van der Waals surface area contributed by atoms with Gasteiger partial charge in [0.1, 0.15) is 6.61 Å². The average molecular weight is 402 g/mol. The van der Waals surface area contributed by atoms with Crippen LogP contribution < -0.4 is 10.6 Å². The summed E-state index contributed by atoms with van der Waals surface area (Å²) in [5.74, 6) is -0.105. The Morgan fingerprint density at radius 3 is 2.39 bits per heavy atom. The molecule has 0 atom stereocenters. The van der Waals surface area contributed by atoms with Crippen LogP contribution in [-0.2, 0) is 16.1 Å². The van der Waals surface area contributed by atoms with Gasteiger partial charge in [-0.2, -0.15) is 0 Å². The van der Waals surface area contributed by atoms with Crippen molar-refractivity contribution in [1.29, 1.82) is 0 Å². The topological polar surface area (TPSA) is 70.7 Å². The molecule has 0 bridgehead atoms. The standard InChI is InChI=1S/C21H24ClN3O3/c22-17-6-8-19(9-7-17)24-20(26)14-23-18-10-12-25(13-11-18)21(27)28-15-16-4-2-1-3-5-16/h1-9,18,23H,10-15H2,(H,24,26). The van der Waals surface area contributed by atoms with Gasteiger partial charge in [-0.3, -0.25) is 4.79 Å². The number of hydrogen-bond acceptors (Lipinski definition) is 4. The van der Waals surface area contributed by atoms with Gasteiger partial charge in [-0.15, -0.1) is 0 Å². The number of nitrogens with one attached hydrogen (secondary N) is 2. The Hall–Kier alpha value is -2.57. The molecule has 0 radical (unpaired) electrons. The van der Waals surface area contributed by atoms with E-state index >= 15 is 0 Å². The number of hydrogen-bond donors (Lipinski definition) is 2. The van der Waals surface area contributed by atoms with Crippen LogP contribution in [0.4, 0.5) is 10.5 Å². The van der Waals surface area contributed by atoms with Gasteiger partial charge in [-0.1, -0.05) is 41.9 Å². The minimum absolute atomic E-state index is 0.105. The van der Waals surface area contributed by atoms with Gasteiger partial charge < -0.3 is 20.3 Å². The van der Waals surface area contributed by atoms with Crippen molar-refractivity contribution in [3.05, 3.63) is 65.2 Å². The molecule has 1 saturated heterocycles. The van der Waals surface area contributed by atoms with E-state index in [4.69, 9.17) is 16.3 Å². The first-order chi connectivity index (χ1) is 13.6. The van der Waals surface area contributed by atoms with Crippen LogP contribution in [0, 0.1) is 0 Å². The fourth-order valence-electron chi connectivity index (χ4n) is 3.05. The maximum atomic E-state index is 12.2. The number of halogens is 1. The number of likely N-dealkylation sites (tertiary alicyclic amines) is 1. The summed E-state index contributed by atoms with van der Waals surface area (Å²) in [7, 11) is 0. The molecule has 0 spiro atoms. The maximum Gasteiger partial charge on any atom is 0.410 e. The number of carbonyl (C=O) groups excluding carboxylic acids is 2. The van der Waals surface area contributed by atoms with Gasteiger partial charge in [-0.25, -0.2) is 4.79 Å². The minimum atomic E-state index is -0.289. The highest BCUT2D eigenvalue weighted by molar-refractivity contribution is 6.30. The lowest BCUT2D eigenvalue weighted by molar-refractivity contribution is -0.115. The van der Waals surface area contributed by atoms with Crippen LogP contribution >= 0.6 is 11.6 Å². The fourth-order valence-corrected chi connectivity index (χ4v) is 3.18. The van der Waals surface area contributed by atoms with E-state index in [2.05, 4.69) is 10.6 Å². The number of carbonyl (C=O) groups is 2. The summed E-state index contributed by atoms with van der Waals surface area (Å²) in [5.41, 5.74) is 1.69. The number of benzene rings is 2. The van der Waals surface area contributed by atoms with E-state index in [1.54, 1.807) is 29.2 Å². The lowest BCUT2D eigenvalue weighted by Gasteiger charge is -2.31. The van der Waals surface area contributed by atoms with Crippen LogP contribution in [-0.4, -0.2) is 42.6 Å². The molecule has 0 unspecified atom stereocenters. The van der Waals surface area contributed by atoms with Crippen molar-refractivity contribution < 1.29 is 14.3 Å². The first-order valence-corrected chi connectivity index (χ1v) is 9.72. The van der Waals surface area contributed by atoms with Gasteiger partial charge >= 0.3 is 6.09 Å². The second-order valence-corrected chi connectivity index (χ2v) is 7.17. The highest BCUT2D eigenvalue weighted by Crippen LogP contribution is 2.14. The van der Waals surface area contributed by atoms with Crippen molar-refractivity contribution in [3.8, 4) is 0 Å². The van der Waals surface area contributed by atoms with E-state index in [9.17, 15) is 9.59 Å². The summed E-state index contributed by atoms with van der Waals surface area (Å²) < 4.78 is 5.37. The fraction of sp³-hybridized carbons (Fsp3) is 0.333. The molecule has 0 aromatic heterocycles. The third-order valence-corrected chi connectivity index (χ3v) is 4.89. The van der Waals surface area contributed by atoms with Crippen molar-refractivity contribution in [3.63, 3.8) is 0 Å². The zero-order valence-electron chi connectivity index (χ0n) is 15.6. The molecule has 1 aliphatic heterocycles. The Morgan fingerprint density at radius 2 is 1.71 bits per heavy atom. The lowest BCUT2D eigenvalue weighted by Crippen LogP contribution is -2.46. The number of amides is 2. The monoisotopic (exact) mass is 401 g/mol. The maximum absolute atomic E-state index is 12.2. The summed E-state index contributed by atoms with van der Waals surface area (Å²) in [4.78, 5) is 25.9. The zero-order chi connectivity index (χ0) is 19.8. The number of anilines is 1. The highest BCUT2D eigenvalue weighted by atomic mass is 35.5. The summed E-state index contributed by atoms with van der Waals surface area (Å²) in [6, 6.07) is 16.8. The Bertz CT molecular complexity index is 775. The molecule has 0 aliphatic carbocycles. The molecule has 2 amide bonds. The van der Waals surface area contributed by atoms with Gasteiger partial charge in [0.15, 0.2) is 0 Å². The molecular formula is C21H24ClN3O3. The molecule has 1 fully saturated rings. The third kappa shape index (κ3) is 6.25. The molecule has 6 nitrogen and oxygen atoms in total. The van der Waals surface area contributed by atoms with E-state index in [1.807, 2.05) is 30.3 Å². The first kappa shape index (κ1) is 20.2. The summed E-state index contributed by atoms with van der Waals surface area (Å²) >= 11 is 5.83. The summed E-state index contributed by atoms with van der Waals surface area (Å²) in [6.07, 6.45) is 1.28. The van der Waals surface area contributed by atoms with Crippen molar-refractivity contribution in [2.45, 2.75) is 25.5 Å². The van der Waals surface area contributed by atoms with Crippen molar-refractivity contribution in [2.24, 2.45) is 0 Å². The minimum Gasteiger partial charge on any atom is -0.445 e. The second-order valence-electron chi connectivity index (χ2n) is 6.74. The van der Waals surface area contributed by atoms with Crippen molar-refractivity contribution >= 4 is 29.3 Å². The summed E-state index contributed by atoms with van der Waals surface area (Å²) in [5, 5.41) is 6.71. The number of rotatable bonds is 6. The van der Waals surface area contributed by atoms with Crippen molar-refractivity contribution in [1.82, 2.24) is 10.2 Å². The van der Waals surface area contributed by atoms with Crippen LogP contribution in [0.25, 0.3) is 0 Å². The molecule has 148 valence electrons. The summed E-state index contributed by atoms with van der Waals surface area (Å²) in [6.45, 7) is 1.74. The molecule has 28 heavy (non-hydrogen) atoms. The average Bonchev–Trinajstić information content (AvgIpc) is 2.73. The first-order valence-electron chi connectivity index (χ1n) is 9.34. The van der Waals surface area contributed by atoms with E-state index < -0.39 is 0 Å². The van der Waals surface area contributed by atoms with Gasteiger partial charge in [0.05, 0.1) is 6.54 Å². The van der Waals surface area contributed by atoms with Gasteiger partial charge in [0.25, 0.3) is 0 Å². The zero-order valence-corrected chi connectivity index (χ0v) is 16.3. The smallest absolute Gasteiger partial charge is 0.410 e. The number of piperidine rings is 1. The van der Waals surface area contributed by atoms with Gasteiger partial charge in [0, 0.05) is 29.8 Å². The Morgan fingerprint density at radius 1 is 1.04 bits per heavy atom. The van der Waals surface area contributed by atoms with Crippen LogP contribution in [0.2, 0.25) is 5.02 Å². The molecular weight excluding hydrogens is 378 g/mol. The van der Waals surface area contributed by atoms with Gasteiger partial charge in [-0.05, 0) is 42.7 Å². The Labute approximate surface area is 169 Å². The van der Waals surface area contributed by atoms with E-state index in [0.29, 0.717) is 23.8 Å². The number of ether oxygens (including phenoxy) is 1.